The van der Waals surface area contributed by atoms with Crippen molar-refractivity contribution in [2.75, 3.05) is 6.61 Å². The van der Waals surface area contributed by atoms with Gasteiger partial charge in [-0.2, -0.15) is 0 Å². The molecule has 1 saturated carbocycles. The van der Waals surface area contributed by atoms with Gasteiger partial charge in [0, 0.05) is 4.47 Å². The van der Waals surface area contributed by atoms with E-state index in [-0.39, 0.29) is 10.8 Å². The summed E-state index contributed by atoms with van der Waals surface area (Å²) in [4.78, 5) is 0. The Morgan fingerprint density at radius 1 is 1.56 bits per heavy atom. The fraction of sp³-hybridized carbons (Fsp3) is 0.556. The van der Waals surface area contributed by atoms with Gasteiger partial charge in [0.2, 0.25) is 0 Å². The highest BCUT2D eigenvalue weighted by Crippen LogP contribution is 2.35. The van der Waals surface area contributed by atoms with Gasteiger partial charge in [0.1, 0.15) is 4.21 Å². The molecule has 1 aliphatic carbocycles. The van der Waals surface area contributed by atoms with Crippen LogP contribution in [0.2, 0.25) is 0 Å². The molecule has 0 bridgehead atoms. The summed E-state index contributed by atoms with van der Waals surface area (Å²) in [6.07, 6.45) is 2.35. The van der Waals surface area contributed by atoms with E-state index in [9.17, 15) is 13.5 Å². The molecular weight excluding hydrogens is 314 g/mol. The Bertz CT molecular complexity index is 473. The van der Waals surface area contributed by atoms with E-state index >= 15 is 0 Å². The summed E-state index contributed by atoms with van der Waals surface area (Å²) in [6.45, 7) is -0.144. The number of halogens is 1. The molecule has 1 heterocycles. The summed E-state index contributed by atoms with van der Waals surface area (Å²) in [5.74, 6) is 0. The van der Waals surface area contributed by atoms with E-state index in [1.54, 1.807) is 11.4 Å². The first-order chi connectivity index (χ1) is 7.49. The van der Waals surface area contributed by atoms with Crippen LogP contribution in [-0.4, -0.2) is 25.7 Å². The van der Waals surface area contributed by atoms with E-state index in [2.05, 4.69) is 20.7 Å². The molecule has 0 atom stereocenters. The lowest BCUT2D eigenvalue weighted by molar-refractivity contribution is 0.111. The SMILES string of the molecule is O=S(=O)(NC1(CO)CCC1)c1sccc1Br. The first-order valence-electron chi connectivity index (χ1n) is 4.87. The Hall–Kier alpha value is 0.0500. The van der Waals surface area contributed by atoms with Crippen LogP contribution in [0, 0.1) is 0 Å². The minimum atomic E-state index is -3.52. The number of rotatable bonds is 4. The number of aliphatic hydroxyl groups is 1. The quantitative estimate of drug-likeness (QED) is 0.885. The largest absolute Gasteiger partial charge is 0.394 e. The van der Waals surface area contributed by atoms with Crippen LogP contribution in [-0.2, 0) is 10.0 Å². The van der Waals surface area contributed by atoms with Crippen molar-refractivity contribution in [2.24, 2.45) is 0 Å². The van der Waals surface area contributed by atoms with E-state index in [0.717, 1.165) is 17.8 Å². The lowest BCUT2D eigenvalue weighted by Gasteiger charge is -2.40. The monoisotopic (exact) mass is 325 g/mol. The molecule has 0 saturated heterocycles. The molecular formula is C9H12BrNO3S2. The highest BCUT2D eigenvalue weighted by molar-refractivity contribution is 9.10. The van der Waals surface area contributed by atoms with Gasteiger partial charge in [-0.25, -0.2) is 13.1 Å². The molecule has 0 amide bonds. The Kier molecular flexibility index (Phi) is 3.42. The Morgan fingerprint density at radius 3 is 2.62 bits per heavy atom. The summed E-state index contributed by atoms with van der Waals surface area (Å²) in [5.41, 5.74) is -0.637. The molecule has 90 valence electrons. The van der Waals surface area contributed by atoms with Gasteiger partial charge in [-0.15, -0.1) is 11.3 Å². The number of sulfonamides is 1. The van der Waals surface area contributed by atoms with Gasteiger partial charge in [0.05, 0.1) is 12.1 Å². The molecule has 0 radical (unpaired) electrons. The summed E-state index contributed by atoms with van der Waals surface area (Å²) < 4.78 is 27.5. The molecule has 4 nitrogen and oxygen atoms in total. The maximum absolute atomic E-state index is 12.0. The van der Waals surface area contributed by atoms with Crippen LogP contribution >= 0.6 is 27.3 Å². The van der Waals surface area contributed by atoms with Crippen molar-refractivity contribution >= 4 is 37.3 Å². The molecule has 1 aromatic heterocycles. The maximum atomic E-state index is 12.0. The van der Waals surface area contributed by atoms with Gasteiger partial charge >= 0.3 is 0 Å². The Morgan fingerprint density at radius 2 is 2.25 bits per heavy atom. The van der Waals surface area contributed by atoms with Crippen molar-refractivity contribution in [1.82, 2.24) is 4.72 Å². The third kappa shape index (κ3) is 2.19. The van der Waals surface area contributed by atoms with Crippen LogP contribution < -0.4 is 4.72 Å². The molecule has 0 aliphatic heterocycles. The molecule has 16 heavy (non-hydrogen) atoms. The van der Waals surface area contributed by atoms with Crippen molar-refractivity contribution in [3.05, 3.63) is 15.9 Å². The topological polar surface area (TPSA) is 66.4 Å². The standard InChI is InChI=1S/C9H12BrNO3S2/c10-7-2-5-15-8(7)16(13,14)11-9(6-12)3-1-4-9/h2,5,11-12H,1,3-4,6H2. The minimum Gasteiger partial charge on any atom is -0.394 e. The van der Waals surface area contributed by atoms with Crippen molar-refractivity contribution in [2.45, 2.75) is 29.0 Å². The van der Waals surface area contributed by atoms with E-state index in [0.29, 0.717) is 17.3 Å². The smallest absolute Gasteiger partial charge is 0.251 e. The van der Waals surface area contributed by atoms with Crippen LogP contribution in [0.5, 0.6) is 0 Å². The van der Waals surface area contributed by atoms with Crippen LogP contribution in [0.4, 0.5) is 0 Å². The molecule has 2 rings (SSSR count). The van der Waals surface area contributed by atoms with Gasteiger partial charge in [0.15, 0.2) is 0 Å². The Labute approximate surface area is 107 Å². The van der Waals surface area contributed by atoms with Crippen LogP contribution in [0.25, 0.3) is 0 Å². The zero-order valence-electron chi connectivity index (χ0n) is 8.44. The van der Waals surface area contributed by atoms with Crippen LogP contribution in [0.15, 0.2) is 20.1 Å². The average molecular weight is 326 g/mol. The molecule has 0 unspecified atom stereocenters. The second-order valence-corrected chi connectivity index (χ2v) is 7.60. The first-order valence-corrected chi connectivity index (χ1v) is 8.03. The van der Waals surface area contributed by atoms with Gasteiger partial charge in [-0.3, -0.25) is 0 Å². The number of aliphatic hydroxyl groups excluding tert-OH is 1. The molecule has 1 aliphatic rings. The van der Waals surface area contributed by atoms with E-state index in [1.807, 2.05) is 0 Å². The number of hydrogen-bond donors (Lipinski definition) is 2. The number of thiophene rings is 1. The normalized spacial score (nSPS) is 19.4. The molecule has 1 fully saturated rings. The summed E-state index contributed by atoms with van der Waals surface area (Å²) in [7, 11) is -3.52. The predicted octanol–water partition coefficient (Wildman–Crippen LogP) is 1.70. The molecule has 2 N–H and O–H groups in total. The molecule has 1 aromatic rings. The fourth-order valence-corrected chi connectivity index (χ4v) is 5.49. The third-order valence-electron chi connectivity index (χ3n) is 2.79. The highest BCUT2D eigenvalue weighted by Gasteiger charge is 2.40. The van der Waals surface area contributed by atoms with Gasteiger partial charge in [-0.05, 0) is 46.6 Å². The first kappa shape index (κ1) is 12.5. The second-order valence-electron chi connectivity index (χ2n) is 3.95. The van der Waals surface area contributed by atoms with Crippen molar-refractivity contribution in [1.29, 1.82) is 0 Å². The molecule has 7 heteroatoms. The zero-order valence-corrected chi connectivity index (χ0v) is 11.7. The lowest BCUT2D eigenvalue weighted by Crippen LogP contribution is -2.55. The number of nitrogens with one attached hydrogen (secondary N) is 1. The van der Waals surface area contributed by atoms with E-state index in [1.165, 1.54) is 0 Å². The zero-order chi connectivity index (χ0) is 11.8. The number of hydrogen-bond acceptors (Lipinski definition) is 4. The van der Waals surface area contributed by atoms with Crippen LogP contribution in [0.3, 0.4) is 0 Å². The maximum Gasteiger partial charge on any atom is 0.251 e. The van der Waals surface area contributed by atoms with E-state index < -0.39 is 15.6 Å². The second kappa shape index (κ2) is 4.38. The molecule has 0 spiro atoms. The average Bonchev–Trinajstić information content (AvgIpc) is 2.59. The lowest BCUT2D eigenvalue weighted by atomic mass is 9.78. The summed E-state index contributed by atoms with van der Waals surface area (Å²) >= 11 is 4.36. The predicted molar refractivity (Wildman–Crippen MR) is 66.0 cm³/mol. The van der Waals surface area contributed by atoms with Gasteiger partial charge in [-0.1, -0.05) is 0 Å². The molecule has 0 aromatic carbocycles. The van der Waals surface area contributed by atoms with E-state index in [4.69, 9.17) is 0 Å². The Balaban J connectivity index is 2.24. The minimum absolute atomic E-state index is 0.144. The third-order valence-corrected chi connectivity index (χ3v) is 7.04. The fourth-order valence-electron chi connectivity index (χ4n) is 1.70. The van der Waals surface area contributed by atoms with Crippen molar-refractivity contribution in [3.8, 4) is 0 Å². The summed E-state index contributed by atoms with van der Waals surface area (Å²) in [6, 6.07) is 1.70. The van der Waals surface area contributed by atoms with Crippen LogP contribution in [0.1, 0.15) is 19.3 Å². The van der Waals surface area contributed by atoms with Gasteiger partial charge in [0.25, 0.3) is 10.0 Å². The van der Waals surface area contributed by atoms with Crippen molar-refractivity contribution in [3.63, 3.8) is 0 Å². The van der Waals surface area contributed by atoms with Gasteiger partial charge < -0.3 is 5.11 Å². The van der Waals surface area contributed by atoms with Crippen molar-refractivity contribution < 1.29 is 13.5 Å². The summed E-state index contributed by atoms with van der Waals surface area (Å²) in [5, 5.41) is 10.9. The highest BCUT2D eigenvalue weighted by atomic mass is 79.9.